The molecule has 0 radical (unpaired) electrons. The van der Waals surface area contributed by atoms with Gasteiger partial charge in [-0.15, -0.1) is 0 Å². The summed E-state index contributed by atoms with van der Waals surface area (Å²) in [5.41, 5.74) is -0.585. The van der Waals surface area contributed by atoms with E-state index in [1.165, 1.54) is 4.57 Å². The SMILES string of the molecule is Cn1c(=O)[nH]c(=O)c2c1nc(N1CCN(CCO)CC1)n2C[C@H](O)COc1ccccc1. The van der Waals surface area contributed by atoms with Crippen molar-refractivity contribution in [3.05, 3.63) is 51.2 Å². The van der Waals surface area contributed by atoms with Crippen LogP contribution in [0.15, 0.2) is 39.9 Å². The minimum atomic E-state index is -0.904. The summed E-state index contributed by atoms with van der Waals surface area (Å²) in [5, 5.41) is 19.9. The Labute approximate surface area is 184 Å². The number of hydrogen-bond donors (Lipinski definition) is 3. The zero-order valence-corrected chi connectivity index (χ0v) is 18.0. The molecule has 32 heavy (non-hydrogen) atoms. The van der Waals surface area contributed by atoms with Gasteiger partial charge in [-0.2, -0.15) is 4.98 Å². The molecule has 0 saturated carbocycles. The first-order valence-electron chi connectivity index (χ1n) is 10.6. The highest BCUT2D eigenvalue weighted by Crippen LogP contribution is 2.21. The van der Waals surface area contributed by atoms with Crippen molar-refractivity contribution in [1.82, 2.24) is 24.0 Å². The fourth-order valence-corrected chi connectivity index (χ4v) is 3.92. The number of para-hydroxylation sites is 1. The van der Waals surface area contributed by atoms with Crippen molar-refractivity contribution in [3.8, 4) is 5.75 Å². The summed E-state index contributed by atoms with van der Waals surface area (Å²) < 4.78 is 8.62. The molecular formula is C21H28N6O5. The lowest BCUT2D eigenvalue weighted by molar-refractivity contribution is 0.0935. The van der Waals surface area contributed by atoms with Gasteiger partial charge in [-0.25, -0.2) is 4.79 Å². The molecule has 2 aromatic heterocycles. The molecule has 1 saturated heterocycles. The molecule has 0 aliphatic carbocycles. The molecule has 0 amide bonds. The minimum absolute atomic E-state index is 0.0388. The molecule has 0 spiro atoms. The second kappa shape index (κ2) is 9.55. The summed E-state index contributed by atoms with van der Waals surface area (Å²) >= 11 is 0. The number of aliphatic hydroxyl groups is 2. The smallest absolute Gasteiger partial charge is 0.329 e. The Morgan fingerprint density at radius 1 is 1.16 bits per heavy atom. The lowest BCUT2D eigenvalue weighted by atomic mass is 10.3. The summed E-state index contributed by atoms with van der Waals surface area (Å²) in [6.07, 6.45) is -0.904. The number of H-pyrrole nitrogens is 1. The molecule has 0 unspecified atom stereocenters. The first-order chi connectivity index (χ1) is 15.5. The maximum atomic E-state index is 12.7. The summed E-state index contributed by atoms with van der Waals surface area (Å²) in [6.45, 7) is 3.58. The van der Waals surface area contributed by atoms with Gasteiger partial charge in [0.1, 0.15) is 18.5 Å². The standard InChI is InChI=1S/C21H28N6O5/c1-24-18-17(19(30)23-21(24)31)27(13-15(29)14-32-16-5-3-2-4-6-16)20(22-18)26-9-7-25(8-10-26)11-12-28/h2-6,15,28-29H,7-14H2,1H3,(H,23,30,31)/t15-/m0/s1. The van der Waals surface area contributed by atoms with Crippen molar-refractivity contribution in [3.63, 3.8) is 0 Å². The van der Waals surface area contributed by atoms with E-state index in [0.717, 1.165) is 13.1 Å². The number of piperazine rings is 1. The van der Waals surface area contributed by atoms with Gasteiger partial charge in [0, 0.05) is 39.8 Å². The highest BCUT2D eigenvalue weighted by Gasteiger charge is 2.26. The van der Waals surface area contributed by atoms with Crippen molar-refractivity contribution in [2.45, 2.75) is 12.6 Å². The molecular weight excluding hydrogens is 416 g/mol. The quantitative estimate of drug-likeness (QED) is 0.403. The van der Waals surface area contributed by atoms with E-state index in [2.05, 4.69) is 14.9 Å². The lowest BCUT2D eigenvalue weighted by Crippen LogP contribution is -2.48. The molecule has 3 N–H and O–H groups in total. The van der Waals surface area contributed by atoms with E-state index >= 15 is 0 Å². The van der Waals surface area contributed by atoms with Crippen LogP contribution in [0.25, 0.3) is 11.2 Å². The van der Waals surface area contributed by atoms with Gasteiger partial charge in [-0.3, -0.25) is 19.2 Å². The molecule has 1 aliphatic heterocycles. The molecule has 11 heteroatoms. The number of β-amino-alcohol motifs (C(OH)–C–C–N with tert-alkyl or cyclic N) is 1. The Bertz CT molecular complexity index is 1160. The zero-order valence-electron chi connectivity index (χ0n) is 18.0. The second-order valence-electron chi connectivity index (χ2n) is 7.84. The number of rotatable bonds is 8. The zero-order chi connectivity index (χ0) is 22.7. The van der Waals surface area contributed by atoms with Crippen molar-refractivity contribution < 1.29 is 14.9 Å². The van der Waals surface area contributed by atoms with E-state index < -0.39 is 17.4 Å². The molecule has 1 aromatic carbocycles. The van der Waals surface area contributed by atoms with E-state index in [0.29, 0.717) is 31.3 Å². The Morgan fingerprint density at radius 3 is 2.56 bits per heavy atom. The van der Waals surface area contributed by atoms with Crippen LogP contribution in [-0.4, -0.2) is 86.3 Å². The fraction of sp³-hybridized carbons (Fsp3) is 0.476. The molecule has 1 fully saturated rings. The number of anilines is 1. The van der Waals surface area contributed by atoms with Crippen molar-refractivity contribution in [2.24, 2.45) is 7.05 Å². The normalized spacial score (nSPS) is 15.9. The van der Waals surface area contributed by atoms with Crippen molar-refractivity contribution in [2.75, 3.05) is 50.8 Å². The summed E-state index contributed by atoms with van der Waals surface area (Å²) in [7, 11) is 1.55. The molecule has 11 nitrogen and oxygen atoms in total. The van der Waals surface area contributed by atoms with Crippen LogP contribution < -0.4 is 20.9 Å². The summed E-state index contributed by atoms with van der Waals surface area (Å²) in [6, 6.07) is 9.18. The first kappa shape index (κ1) is 22.1. The maximum absolute atomic E-state index is 12.7. The third kappa shape index (κ3) is 4.54. The third-order valence-corrected chi connectivity index (χ3v) is 5.64. The number of benzene rings is 1. The van der Waals surface area contributed by atoms with E-state index in [1.54, 1.807) is 23.7 Å². The van der Waals surface area contributed by atoms with Gasteiger partial charge < -0.3 is 24.4 Å². The van der Waals surface area contributed by atoms with Gasteiger partial charge in [0.25, 0.3) is 5.56 Å². The van der Waals surface area contributed by atoms with Crippen LogP contribution in [0.1, 0.15) is 0 Å². The topological polar surface area (TPSA) is 129 Å². The van der Waals surface area contributed by atoms with Gasteiger partial charge in [0.15, 0.2) is 11.2 Å². The Morgan fingerprint density at radius 2 is 1.88 bits per heavy atom. The summed E-state index contributed by atoms with van der Waals surface area (Å²) in [4.78, 5) is 35.9. The highest BCUT2D eigenvalue weighted by molar-refractivity contribution is 5.74. The predicted octanol–water partition coefficient (Wildman–Crippen LogP) is -1.02. The van der Waals surface area contributed by atoms with E-state index in [-0.39, 0.29) is 30.9 Å². The number of fused-ring (bicyclic) bond motifs is 1. The number of nitrogens with one attached hydrogen (secondary N) is 1. The first-order valence-corrected chi connectivity index (χ1v) is 10.6. The number of ether oxygens (including phenoxy) is 1. The van der Waals surface area contributed by atoms with Crippen LogP contribution in [-0.2, 0) is 13.6 Å². The fourth-order valence-electron chi connectivity index (χ4n) is 3.92. The minimum Gasteiger partial charge on any atom is -0.491 e. The van der Waals surface area contributed by atoms with Gasteiger partial charge >= 0.3 is 5.69 Å². The van der Waals surface area contributed by atoms with Gasteiger partial charge in [-0.05, 0) is 12.1 Å². The monoisotopic (exact) mass is 444 g/mol. The second-order valence-corrected chi connectivity index (χ2v) is 7.84. The van der Waals surface area contributed by atoms with E-state index in [4.69, 9.17) is 4.74 Å². The molecule has 1 atom stereocenters. The molecule has 1 aliphatic rings. The average Bonchev–Trinajstić information content (AvgIpc) is 3.17. The lowest BCUT2D eigenvalue weighted by Gasteiger charge is -2.35. The van der Waals surface area contributed by atoms with Crippen LogP contribution >= 0.6 is 0 Å². The molecule has 3 heterocycles. The van der Waals surface area contributed by atoms with Crippen LogP contribution in [0.5, 0.6) is 5.75 Å². The maximum Gasteiger partial charge on any atom is 0.329 e. The van der Waals surface area contributed by atoms with Gasteiger partial charge in [0.2, 0.25) is 5.95 Å². The van der Waals surface area contributed by atoms with Crippen molar-refractivity contribution in [1.29, 1.82) is 0 Å². The number of nitrogens with zero attached hydrogens (tertiary/aromatic N) is 5. The number of hydrogen-bond acceptors (Lipinski definition) is 8. The van der Waals surface area contributed by atoms with Crippen LogP contribution in [0, 0.1) is 0 Å². The number of aliphatic hydroxyl groups excluding tert-OH is 2. The predicted molar refractivity (Wildman–Crippen MR) is 119 cm³/mol. The highest BCUT2D eigenvalue weighted by atomic mass is 16.5. The largest absolute Gasteiger partial charge is 0.491 e. The van der Waals surface area contributed by atoms with Crippen LogP contribution in [0.4, 0.5) is 5.95 Å². The Balaban J connectivity index is 1.63. The van der Waals surface area contributed by atoms with E-state index in [1.807, 2.05) is 23.1 Å². The summed E-state index contributed by atoms with van der Waals surface area (Å²) in [5.74, 6) is 1.16. The molecule has 4 rings (SSSR count). The molecule has 0 bridgehead atoms. The number of aromatic amines is 1. The number of aromatic nitrogens is 4. The van der Waals surface area contributed by atoms with Crippen LogP contribution in [0.2, 0.25) is 0 Å². The van der Waals surface area contributed by atoms with Gasteiger partial charge in [-0.1, -0.05) is 18.2 Å². The Hall–Kier alpha value is -3.15. The van der Waals surface area contributed by atoms with Crippen molar-refractivity contribution >= 4 is 17.1 Å². The number of imidazole rings is 1. The molecule has 172 valence electrons. The molecule has 3 aromatic rings. The number of aryl methyl sites for hydroxylation is 1. The third-order valence-electron chi connectivity index (χ3n) is 5.64. The Kier molecular flexibility index (Phi) is 6.58. The average molecular weight is 444 g/mol. The van der Waals surface area contributed by atoms with E-state index in [9.17, 15) is 19.8 Å². The van der Waals surface area contributed by atoms with Crippen LogP contribution in [0.3, 0.4) is 0 Å². The van der Waals surface area contributed by atoms with Gasteiger partial charge in [0.05, 0.1) is 13.2 Å².